The summed E-state index contributed by atoms with van der Waals surface area (Å²) in [6, 6.07) is 0. The van der Waals surface area contributed by atoms with Crippen LogP contribution in [0.25, 0.3) is 0 Å². The zero-order chi connectivity index (χ0) is 10.8. The summed E-state index contributed by atoms with van der Waals surface area (Å²) in [5, 5.41) is 0. The molecule has 80 valence electrons. The zero-order valence-electron chi connectivity index (χ0n) is 8.63. The third-order valence-electron chi connectivity index (χ3n) is 2.72. The van der Waals surface area contributed by atoms with Gasteiger partial charge in [0.05, 0.1) is 6.54 Å². The van der Waals surface area contributed by atoms with Crippen LogP contribution in [0.3, 0.4) is 0 Å². The summed E-state index contributed by atoms with van der Waals surface area (Å²) < 4.78 is 2.96. The zero-order valence-corrected chi connectivity index (χ0v) is 10.2. The fraction of sp³-hybridized carbons (Fsp3) is 0.417. The summed E-state index contributed by atoms with van der Waals surface area (Å²) in [5.74, 6) is 0.293. The van der Waals surface area contributed by atoms with Crippen molar-refractivity contribution < 1.29 is 4.79 Å². The topological polar surface area (TPSA) is 22.0 Å². The van der Waals surface area contributed by atoms with Gasteiger partial charge in [-0.15, -0.1) is 0 Å². The molecule has 15 heavy (non-hydrogen) atoms. The highest BCUT2D eigenvalue weighted by molar-refractivity contribution is 9.11. The molecule has 3 heteroatoms. The number of ketones is 1. The Balaban J connectivity index is 2.29. The molecule has 0 saturated carbocycles. The number of aromatic nitrogens is 1. The molecule has 2 nitrogen and oxygen atoms in total. The van der Waals surface area contributed by atoms with Crippen molar-refractivity contribution in [1.29, 1.82) is 0 Å². The SMILES string of the molecule is C=C(Br)Cn1cc2c(c1)C(=O)CCCC2. The van der Waals surface area contributed by atoms with E-state index in [1.165, 1.54) is 5.56 Å². The molecule has 0 amide bonds. The Morgan fingerprint density at radius 1 is 1.40 bits per heavy atom. The van der Waals surface area contributed by atoms with Crippen LogP contribution in [0, 0.1) is 0 Å². The normalized spacial score (nSPS) is 15.9. The molecule has 1 aromatic heterocycles. The molecule has 1 aromatic rings. The molecule has 0 atom stereocenters. The van der Waals surface area contributed by atoms with Gasteiger partial charge in [-0.1, -0.05) is 22.5 Å². The molecule has 2 rings (SSSR count). The third-order valence-corrected chi connectivity index (χ3v) is 2.97. The predicted octanol–water partition coefficient (Wildman–Crippen LogP) is 3.31. The molecule has 0 saturated heterocycles. The first-order chi connectivity index (χ1) is 7.16. The number of carbonyl (C=O) groups excluding carboxylic acids is 1. The van der Waals surface area contributed by atoms with Gasteiger partial charge in [0.15, 0.2) is 5.78 Å². The number of hydrogen-bond acceptors (Lipinski definition) is 1. The van der Waals surface area contributed by atoms with Gasteiger partial charge in [-0.05, 0) is 24.8 Å². The lowest BCUT2D eigenvalue weighted by Crippen LogP contribution is -1.97. The minimum Gasteiger partial charge on any atom is -0.348 e. The second kappa shape index (κ2) is 4.35. The van der Waals surface area contributed by atoms with E-state index < -0.39 is 0 Å². The third kappa shape index (κ3) is 2.40. The number of halogens is 1. The maximum atomic E-state index is 11.8. The number of fused-ring (bicyclic) bond motifs is 1. The van der Waals surface area contributed by atoms with Crippen LogP contribution in [0.2, 0.25) is 0 Å². The van der Waals surface area contributed by atoms with Gasteiger partial charge in [-0.2, -0.15) is 0 Å². The summed E-state index contributed by atoms with van der Waals surface area (Å²) in [7, 11) is 0. The van der Waals surface area contributed by atoms with E-state index in [1.54, 1.807) is 0 Å². The van der Waals surface area contributed by atoms with Crippen molar-refractivity contribution in [2.24, 2.45) is 0 Å². The van der Waals surface area contributed by atoms with Crippen LogP contribution in [-0.2, 0) is 13.0 Å². The highest BCUT2D eigenvalue weighted by Crippen LogP contribution is 2.22. The van der Waals surface area contributed by atoms with Gasteiger partial charge in [0.1, 0.15) is 0 Å². The minimum absolute atomic E-state index is 0.293. The number of Topliss-reactive ketones (excluding diaryl/α,β-unsaturated/α-hetero) is 1. The summed E-state index contributed by atoms with van der Waals surface area (Å²) >= 11 is 3.33. The van der Waals surface area contributed by atoms with Gasteiger partial charge in [0, 0.05) is 28.9 Å². The average molecular weight is 268 g/mol. The maximum absolute atomic E-state index is 11.8. The Morgan fingerprint density at radius 3 is 2.87 bits per heavy atom. The maximum Gasteiger partial charge on any atom is 0.164 e. The average Bonchev–Trinajstić information content (AvgIpc) is 2.47. The first kappa shape index (κ1) is 10.7. The number of allylic oxidation sites excluding steroid dienone is 1. The Hall–Kier alpha value is -0.830. The molecule has 0 unspecified atom stereocenters. The van der Waals surface area contributed by atoms with Crippen LogP contribution in [0.4, 0.5) is 0 Å². The van der Waals surface area contributed by atoms with Crippen molar-refractivity contribution in [3.8, 4) is 0 Å². The van der Waals surface area contributed by atoms with Gasteiger partial charge in [0.25, 0.3) is 0 Å². The first-order valence-electron chi connectivity index (χ1n) is 5.22. The van der Waals surface area contributed by atoms with Crippen LogP contribution < -0.4 is 0 Å². The van der Waals surface area contributed by atoms with E-state index in [-0.39, 0.29) is 0 Å². The predicted molar refractivity (Wildman–Crippen MR) is 64.4 cm³/mol. The molecule has 0 aliphatic heterocycles. The quantitative estimate of drug-likeness (QED) is 0.754. The molecule has 0 bridgehead atoms. The van der Waals surface area contributed by atoms with Crippen LogP contribution in [0.15, 0.2) is 23.5 Å². The van der Waals surface area contributed by atoms with Crippen molar-refractivity contribution >= 4 is 21.7 Å². The largest absolute Gasteiger partial charge is 0.348 e. The molecular formula is C12H14BrNO. The van der Waals surface area contributed by atoms with E-state index in [9.17, 15) is 4.79 Å². The number of nitrogens with zero attached hydrogens (tertiary/aromatic N) is 1. The number of aryl methyl sites for hydroxylation is 1. The van der Waals surface area contributed by atoms with Crippen molar-refractivity contribution in [2.45, 2.75) is 32.2 Å². The van der Waals surface area contributed by atoms with E-state index in [0.29, 0.717) is 12.2 Å². The summed E-state index contributed by atoms with van der Waals surface area (Å²) in [6.07, 6.45) is 7.91. The van der Waals surface area contributed by atoms with E-state index >= 15 is 0 Å². The standard InChI is InChI=1S/C12H14BrNO/c1-9(13)6-14-7-10-4-2-3-5-12(15)11(10)8-14/h7-8H,1-6H2. The molecule has 0 fully saturated rings. The van der Waals surface area contributed by atoms with Gasteiger partial charge in [-0.3, -0.25) is 4.79 Å². The first-order valence-corrected chi connectivity index (χ1v) is 6.01. The highest BCUT2D eigenvalue weighted by Gasteiger charge is 2.17. The van der Waals surface area contributed by atoms with Crippen LogP contribution >= 0.6 is 15.9 Å². The summed E-state index contributed by atoms with van der Waals surface area (Å²) in [4.78, 5) is 11.8. The number of carbonyl (C=O) groups is 1. The Labute approximate surface area is 98.1 Å². The van der Waals surface area contributed by atoms with Gasteiger partial charge in [-0.25, -0.2) is 0 Å². The van der Waals surface area contributed by atoms with Gasteiger partial charge >= 0.3 is 0 Å². The van der Waals surface area contributed by atoms with Crippen LogP contribution in [0.5, 0.6) is 0 Å². The van der Waals surface area contributed by atoms with Crippen molar-refractivity contribution in [3.05, 3.63) is 34.6 Å². The number of rotatable bonds is 2. The van der Waals surface area contributed by atoms with Crippen molar-refractivity contribution in [2.75, 3.05) is 0 Å². The minimum atomic E-state index is 0.293. The Bertz CT molecular complexity index is 406. The fourth-order valence-electron chi connectivity index (χ4n) is 2.03. The molecule has 0 aromatic carbocycles. The monoisotopic (exact) mass is 267 g/mol. The lowest BCUT2D eigenvalue weighted by Gasteiger charge is -1.99. The van der Waals surface area contributed by atoms with Crippen molar-refractivity contribution in [1.82, 2.24) is 4.57 Å². The summed E-state index contributed by atoms with van der Waals surface area (Å²) in [6.45, 7) is 4.54. The Morgan fingerprint density at radius 2 is 2.13 bits per heavy atom. The van der Waals surface area contributed by atoms with E-state index in [2.05, 4.69) is 28.7 Å². The fourth-order valence-corrected chi connectivity index (χ4v) is 2.32. The smallest absolute Gasteiger partial charge is 0.164 e. The van der Waals surface area contributed by atoms with Crippen LogP contribution in [-0.4, -0.2) is 10.4 Å². The molecule has 1 aliphatic carbocycles. The molecule has 1 aliphatic rings. The second-order valence-corrected chi connectivity index (χ2v) is 5.14. The van der Waals surface area contributed by atoms with Gasteiger partial charge in [0.2, 0.25) is 0 Å². The van der Waals surface area contributed by atoms with E-state index in [1.807, 2.05) is 10.8 Å². The molecule has 0 spiro atoms. The van der Waals surface area contributed by atoms with E-state index in [4.69, 9.17) is 0 Å². The lowest BCUT2D eigenvalue weighted by molar-refractivity contribution is 0.0982. The molecular weight excluding hydrogens is 254 g/mol. The second-order valence-electron chi connectivity index (χ2n) is 4.02. The molecule has 0 radical (unpaired) electrons. The van der Waals surface area contributed by atoms with E-state index in [0.717, 1.165) is 35.9 Å². The lowest BCUT2D eigenvalue weighted by atomic mass is 10.1. The molecule has 1 heterocycles. The molecule has 0 N–H and O–H groups in total. The number of hydrogen-bond donors (Lipinski definition) is 0. The summed E-state index contributed by atoms with van der Waals surface area (Å²) in [5.41, 5.74) is 2.12. The Kier molecular flexibility index (Phi) is 3.10. The van der Waals surface area contributed by atoms with Gasteiger partial charge < -0.3 is 4.57 Å². The van der Waals surface area contributed by atoms with Crippen molar-refractivity contribution in [3.63, 3.8) is 0 Å². The van der Waals surface area contributed by atoms with Crippen LogP contribution in [0.1, 0.15) is 35.2 Å². The highest BCUT2D eigenvalue weighted by atomic mass is 79.9.